The summed E-state index contributed by atoms with van der Waals surface area (Å²) in [6.45, 7) is 16.2. The Morgan fingerprint density at radius 1 is 1.18 bits per heavy atom. The van der Waals surface area contributed by atoms with Gasteiger partial charge in [-0.1, -0.05) is 31.6 Å². The highest BCUT2D eigenvalue weighted by Crippen LogP contribution is 2.23. The van der Waals surface area contributed by atoms with Crippen molar-refractivity contribution in [2.75, 3.05) is 5.32 Å². The Hall–Kier alpha value is -1.73. The van der Waals surface area contributed by atoms with Crippen molar-refractivity contribution >= 4 is 19.9 Å². The van der Waals surface area contributed by atoms with Crippen LogP contribution in [-0.4, -0.2) is 19.8 Å². The first-order valence-corrected chi connectivity index (χ1v) is 11.0. The molecule has 22 heavy (non-hydrogen) atoms. The largest absolute Gasteiger partial charge is 0.444 e. The smallest absolute Gasteiger partial charge is 0.412 e. The molecule has 1 amide bonds. The normalized spacial score (nSPS) is 11.5. The molecule has 0 bridgehead atoms. The second-order valence-corrected chi connectivity index (χ2v) is 12.3. The molecule has 1 N–H and O–H groups in total. The third-order valence-electron chi connectivity index (χ3n) is 2.87. The highest BCUT2D eigenvalue weighted by Gasteiger charge is 2.17. The number of amides is 1. The first-order chi connectivity index (χ1) is 9.89. The van der Waals surface area contributed by atoms with Crippen LogP contribution in [0.25, 0.3) is 0 Å². The summed E-state index contributed by atoms with van der Waals surface area (Å²) >= 11 is 0. The maximum Gasteiger partial charge on any atom is 0.412 e. The topological polar surface area (TPSA) is 38.3 Å². The van der Waals surface area contributed by atoms with Gasteiger partial charge in [-0.2, -0.15) is 0 Å². The lowest BCUT2D eigenvalue weighted by Crippen LogP contribution is -2.27. The van der Waals surface area contributed by atoms with Gasteiger partial charge < -0.3 is 4.74 Å². The van der Waals surface area contributed by atoms with Gasteiger partial charge in [-0.15, -0.1) is 5.54 Å². The molecule has 0 saturated carbocycles. The fourth-order valence-corrected chi connectivity index (χ4v) is 2.34. The molecule has 1 rings (SSSR count). The second-order valence-electron chi connectivity index (χ2n) is 7.56. The van der Waals surface area contributed by atoms with E-state index in [2.05, 4.69) is 36.4 Å². The van der Waals surface area contributed by atoms with Crippen molar-refractivity contribution in [2.24, 2.45) is 0 Å². The Balaban J connectivity index is 3.09. The van der Waals surface area contributed by atoms with Gasteiger partial charge in [0.25, 0.3) is 0 Å². The maximum atomic E-state index is 11.9. The first kappa shape index (κ1) is 18.3. The van der Waals surface area contributed by atoms with Crippen molar-refractivity contribution in [3.05, 3.63) is 28.8 Å². The van der Waals surface area contributed by atoms with Gasteiger partial charge in [0.05, 0.1) is 0 Å². The molecule has 0 fully saturated rings. The average Bonchev–Trinajstić information content (AvgIpc) is 2.29. The lowest BCUT2D eigenvalue weighted by molar-refractivity contribution is 0.0636. The molecule has 0 unspecified atom stereocenters. The van der Waals surface area contributed by atoms with E-state index in [4.69, 9.17) is 4.74 Å². The van der Waals surface area contributed by atoms with Gasteiger partial charge in [0, 0.05) is 11.3 Å². The molecule has 0 spiro atoms. The number of hydrogen-bond donors (Lipinski definition) is 1. The predicted molar refractivity (Wildman–Crippen MR) is 96.0 cm³/mol. The van der Waals surface area contributed by atoms with E-state index in [1.54, 1.807) is 0 Å². The lowest BCUT2D eigenvalue weighted by atomic mass is 10.0. The molecule has 0 aliphatic rings. The van der Waals surface area contributed by atoms with Crippen LogP contribution >= 0.6 is 0 Å². The molecule has 4 heteroatoms. The zero-order valence-electron chi connectivity index (χ0n) is 15.0. The van der Waals surface area contributed by atoms with E-state index in [1.165, 1.54) is 0 Å². The molecular weight excluding hydrogens is 290 g/mol. The molecule has 0 saturated heterocycles. The van der Waals surface area contributed by atoms with Gasteiger partial charge in [-0.25, -0.2) is 4.79 Å². The number of nitrogens with one attached hydrogen (secondary N) is 1. The van der Waals surface area contributed by atoms with Crippen LogP contribution in [0.3, 0.4) is 0 Å². The van der Waals surface area contributed by atoms with Crippen LogP contribution in [0, 0.1) is 25.3 Å². The average molecular weight is 318 g/mol. The summed E-state index contributed by atoms with van der Waals surface area (Å²) in [5.41, 5.74) is 6.72. The highest BCUT2D eigenvalue weighted by molar-refractivity contribution is 6.83. The lowest BCUT2D eigenvalue weighted by Gasteiger charge is -2.20. The summed E-state index contributed by atoms with van der Waals surface area (Å²) in [6, 6.07) is 3.88. The van der Waals surface area contributed by atoms with E-state index in [-0.39, 0.29) is 0 Å². The van der Waals surface area contributed by atoms with E-state index in [9.17, 15) is 4.79 Å². The van der Waals surface area contributed by atoms with Crippen molar-refractivity contribution in [3.63, 3.8) is 0 Å². The third-order valence-corrected chi connectivity index (χ3v) is 3.75. The van der Waals surface area contributed by atoms with E-state index in [0.29, 0.717) is 0 Å². The molecule has 120 valence electrons. The summed E-state index contributed by atoms with van der Waals surface area (Å²) in [5, 5.41) is 2.81. The van der Waals surface area contributed by atoms with Crippen LogP contribution in [0.5, 0.6) is 0 Å². The zero-order chi connectivity index (χ0) is 17.1. The summed E-state index contributed by atoms with van der Waals surface area (Å²) < 4.78 is 5.30. The molecule has 0 aliphatic heterocycles. The van der Waals surface area contributed by atoms with E-state index in [1.807, 2.05) is 46.8 Å². The minimum atomic E-state index is -1.44. The van der Waals surface area contributed by atoms with Crippen LogP contribution in [-0.2, 0) is 4.74 Å². The second kappa shape index (κ2) is 6.58. The van der Waals surface area contributed by atoms with E-state index in [0.717, 1.165) is 22.4 Å². The molecule has 3 nitrogen and oxygen atoms in total. The molecule has 0 aromatic heterocycles. The van der Waals surface area contributed by atoms with Crippen molar-refractivity contribution in [1.29, 1.82) is 0 Å². The van der Waals surface area contributed by atoms with Crippen molar-refractivity contribution in [3.8, 4) is 11.5 Å². The zero-order valence-corrected chi connectivity index (χ0v) is 16.0. The monoisotopic (exact) mass is 317 g/mol. The molecule has 0 radical (unpaired) electrons. The van der Waals surface area contributed by atoms with Gasteiger partial charge in [0.15, 0.2) is 0 Å². The van der Waals surface area contributed by atoms with Gasteiger partial charge in [0.2, 0.25) is 0 Å². The Labute approximate surface area is 135 Å². The summed E-state index contributed by atoms with van der Waals surface area (Å²) in [7, 11) is -1.44. The molecule has 1 aromatic rings. The van der Waals surface area contributed by atoms with Crippen molar-refractivity contribution in [2.45, 2.75) is 59.9 Å². The van der Waals surface area contributed by atoms with Crippen LogP contribution < -0.4 is 5.32 Å². The third kappa shape index (κ3) is 5.95. The highest BCUT2D eigenvalue weighted by atomic mass is 28.3. The Bertz CT molecular complexity index is 625. The number of carbonyl (C=O) groups excluding carboxylic acids is 1. The number of anilines is 1. The standard InChI is InChI=1S/C18H27NO2Si/c1-13-9-10-16(19-17(20)21-18(3,4)5)14(2)15(13)11-12-22(6,7)8/h9-10H,1-8H3,(H,19,20). The van der Waals surface area contributed by atoms with E-state index < -0.39 is 19.8 Å². The summed E-state index contributed by atoms with van der Waals surface area (Å²) in [5.74, 6) is 3.30. The number of ether oxygens (including phenoxy) is 1. The Morgan fingerprint density at radius 3 is 2.27 bits per heavy atom. The predicted octanol–water partition coefficient (Wildman–Crippen LogP) is 4.88. The maximum absolute atomic E-state index is 11.9. The van der Waals surface area contributed by atoms with Gasteiger partial charge in [-0.05, 0) is 51.8 Å². The van der Waals surface area contributed by atoms with Crippen LogP contribution in [0.15, 0.2) is 12.1 Å². The summed E-state index contributed by atoms with van der Waals surface area (Å²) in [6.07, 6.45) is -0.441. The quantitative estimate of drug-likeness (QED) is 0.592. The SMILES string of the molecule is Cc1ccc(NC(=O)OC(C)(C)C)c(C)c1C#C[Si](C)(C)C. The Morgan fingerprint density at radius 2 is 1.77 bits per heavy atom. The number of rotatable bonds is 1. The van der Waals surface area contributed by atoms with Crippen molar-refractivity contribution in [1.82, 2.24) is 0 Å². The summed E-state index contributed by atoms with van der Waals surface area (Å²) in [4.78, 5) is 11.9. The number of aryl methyl sites for hydroxylation is 1. The van der Waals surface area contributed by atoms with E-state index >= 15 is 0 Å². The van der Waals surface area contributed by atoms with Crippen molar-refractivity contribution < 1.29 is 9.53 Å². The Kier molecular flexibility index (Phi) is 5.48. The first-order valence-electron chi connectivity index (χ1n) is 7.52. The fourth-order valence-electron chi connectivity index (χ4n) is 1.84. The van der Waals surface area contributed by atoms with Crippen LogP contribution in [0.4, 0.5) is 10.5 Å². The molecule has 0 aliphatic carbocycles. The molecule has 0 heterocycles. The minimum absolute atomic E-state index is 0.441. The van der Waals surface area contributed by atoms with Gasteiger partial charge in [0.1, 0.15) is 13.7 Å². The van der Waals surface area contributed by atoms with Gasteiger partial charge >= 0.3 is 6.09 Å². The van der Waals surface area contributed by atoms with Crippen LogP contribution in [0.1, 0.15) is 37.5 Å². The molecule has 1 aromatic carbocycles. The molecule has 0 atom stereocenters. The number of carbonyl (C=O) groups is 1. The minimum Gasteiger partial charge on any atom is -0.444 e. The number of benzene rings is 1. The van der Waals surface area contributed by atoms with Crippen LogP contribution in [0.2, 0.25) is 19.6 Å². The number of hydrogen-bond acceptors (Lipinski definition) is 2. The van der Waals surface area contributed by atoms with Gasteiger partial charge in [-0.3, -0.25) is 5.32 Å². The molecular formula is C18H27NO2Si. The fraction of sp³-hybridized carbons (Fsp3) is 0.500.